The molecule has 27 heavy (non-hydrogen) atoms. The van der Waals surface area contributed by atoms with Crippen LogP contribution in [0.4, 0.5) is 13.2 Å². The molecule has 148 valence electrons. The molecular weight excluding hydrogens is 377 g/mol. The molecule has 0 atom stereocenters. The largest absolute Gasteiger partial charge is 0.484 e. The lowest BCUT2D eigenvalue weighted by Gasteiger charge is -2.21. The smallest absolute Gasteiger partial charge is 0.422 e. The van der Waals surface area contributed by atoms with Crippen molar-refractivity contribution in [1.82, 2.24) is 15.2 Å². The summed E-state index contributed by atoms with van der Waals surface area (Å²) >= 11 is 1.60. The molecule has 0 aliphatic heterocycles. The fourth-order valence-electron chi connectivity index (χ4n) is 2.33. The predicted molar refractivity (Wildman–Crippen MR) is 101 cm³/mol. The van der Waals surface area contributed by atoms with Crippen molar-refractivity contribution in [2.45, 2.75) is 33.1 Å². The van der Waals surface area contributed by atoms with Crippen LogP contribution in [0.2, 0.25) is 0 Å². The van der Waals surface area contributed by atoms with Gasteiger partial charge >= 0.3 is 6.18 Å². The van der Waals surface area contributed by atoms with Gasteiger partial charge in [-0.25, -0.2) is 9.98 Å². The van der Waals surface area contributed by atoms with Crippen molar-refractivity contribution in [3.63, 3.8) is 0 Å². The van der Waals surface area contributed by atoms with Gasteiger partial charge < -0.3 is 15.0 Å². The number of aliphatic imine (C=N–C) groups is 1. The van der Waals surface area contributed by atoms with Crippen molar-refractivity contribution >= 4 is 17.3 Å². The number of rotatable bonds is 7. The molecule has 0 saturated carbocycles. The number of nitrogens with one attached hydrogen (secondary N) is 1. The highest BCUT2D eigenvalue weighted by Gasteiger charge is 2.28. The van der Waals surface area contributed by atoms with Crippen LogP contribution in [-0.2, 0) is 13.1 Å². The van der Waals surface area contributed by atoms with Crippen molar-refractivity contribution in [2.75, 3.05) is 20.2 Å². The third-order valence-corrected chi connectivity index (χ3v) is 4.30. The molecule has 0 amide bonds. The Morgan fingerprint density at radius 3 is 2.78 bits per heavy atom. The van der Waals surface area contributed by atoms with E-state index in [4.69, 9.17) is 4.74 Å². The number of aryl methyl sites for hydroxylation is 1. The van der Waals surface area contributed by atoms with E-state index in [9.17, 15) is 13.2 Å². The van der Waals surface area contributed by atoms with Gasteiger partial charge in [-0.1, -0.05) is 12.1 Å². The molecule has 9 heteroatoms. The van der Waals surface area contributed by atoms with E-state index in [1.165, 1.54) is 6.07 Å². The van der Waals surface area contributed by atoms with Crippen LogP contribution < -0.4 is 10.1 Å². The first kappa shape index (κ1) is 21.0. The standard InChI is InChI=1S/C18H23F3N4OS/c1-4-22-17(25(3)10-15-11-27-13(2)24-15)23-9-14-6-5-7-16(8-14)26-12-18(19,20)21/h5-8,11H,4,9-10,12H2,1-3H3,(H,22,23). The van der Waals surface area contributed by atoms with Crippen molar-refractivity contribution in [3.05, 3.63) is 45.9 Å². The maximum Gasteiger partial charge on any atom is 0.422 e. The number of guanidine groups is 1. The first-order valence-electron chi connectivity index (χ1n) is 8.46. The lowest BCUT2D eigenvalue weighted by atomic mass is 10.2. The lowest BCUT2D eigenvalue weighted by molar-refractivity contribution is -0.153. The van der Waals surface area contributed by atoms with Gasteiger partial charge in [0.2, 0.25) is 0 Å². The van der Waals surface area contributed by atoms with Gasteiger partial charge in [0.15, 0.2) is 12.6 Å². The van der Waals surface area contributed by atoms with Gasteiger partial charge in [-0.05, 0) is 31.5 Å². The van der Waals surface area contributed by atoms with Crippen LogP contribution in [0.1, 0.15) is 23.2 Å². The van der Waals surface area contributed by atoms with E-state index < -0.39 is 12.8 Å². The van der Waals surface area contributed by atoms with Crippen LogP contribution in [0, 0.1) is 6.92 Å². The van der Waals surface area contributed by atoms with Gasteiger partial charge in [0.25, 0.3) is 0 Å². The van der Waals surface area contributed by atoms with Gasteiger partial charge in [0, 0.05) is 19.0 Å². The highest BCUT2D eigenvalue weighted by molar-refractivity contribution is 7.09. The number of hydrogen-bond acceptors (Lipinski definition) is 4. The van der Waals surface area contributed by atoms with Gasteiger partial charge in [-0.3, -0.25) is 0 Å². The Morgan fingerprint density at radius 1 is 1.37 bits per heavy atom. The van der Waals surface area contributed by atoms with E-state index >= 15 is 0 Å². The fourth-order valence-corrected chi connectivity index (χ4v) is 2.94. The number of thiazole rings is 1. The number of benzene rings is 1. The summed E-state index contributed by atoms with van der Waals surface area (Å²) in [5.41, 5.74) is 1.73. The summed E-state index contributed by atoms with van der Waals surface area (Å²) in [6.07, 6.45) is -4.36. The van der Waals surface area contributed by atoms with Gasteiger partial charge in [-0.15, -0.1) is 11.3 Å². The number of ether oxygens (including phenoxy) is 1. The van der Waals surface area contributed by atoms with Gasteiger partial charge in [0.05, 0.1) is 23.8 Å². The molecule has 0 radical (unpaired) electrons. The quantitative estimate of drug-likeness (QED) is 0.564. The maximum absolute atomic E-state index is 12.3. The van der Waals surface area contributed by atoms with Crippen LogP contribution in [0.3, 0.4) is 0 Å². The van der Waals surface area contributed by atoms with Crippen molar-refractivity contribution in [3.8, 4) is 5.75 Å². The second-order valence-corrected chi connectivity index (χ2v) is 7.00. The van der Waals surface area contributed by atoms with E-state index in [-0.39, 0.29) is 5.75 Å². The zero-order chi connectivity index (χ0) is 19.9. The molecule has 0 unspecified atom stereocenters. The summed E-state index contributed by atoms with van der Waals surface area (Å²) in [5.74, 6) is 0.876. The summed E-state index contributed by atoms with van der Waals surface area (Å²) in [6.45, 7) is 4.27. The van der Waals surface area contributed by atoms with E-state index in [2.05, 4.69) is 15.3 Å². The van der Waals surface area contributed by atoms with E-state index in [1.54, 1.807) is 29.5 Å². The van der Waals surface area contributed by atoms with Crippen molar-refractivity contribution in [1.29, 1.82) is 0 Å². The minimum atomic E-state index is -4.36. The molecule has 1 aromatic heterocycles. The van der Waals surface area contributed by atoms with Crippen LogP contribution in [0.5, 0.6) is 5.75 Å². The Labute approximate surface area is 160 Å². The normalized spacial score (nSPS) is 12.1. The molecule has 0 aliphatic carbocycles. The predicted octanol–water partition coefficient (Wildman–Crippen LogP) is 3.99. The van der Waals surface area contributed by atoms with Crippen molar-refractivity contribution < 1.29 is 17.9 Å². The number of nitrogens with zero attached hydrogens (tertiary/aromatic N) is 3. The van der Waals surface area contributed by atoms with E-state index in [0.717, 1.165) is 16.3 Å². The first-order valence-corrected chi connectivity index (χ1v) is 9.33. The zero-order valence-electron chi connectivity index (χ0n) is 15.5. The van der Waals surface area contributed by atoms with Crippen LogP contribution >= 0.6 is 11.3 Å². The molecule has 1 heterocycles. The Balaban J connectivity index is 2.03. The van der Waals surface area contributed by atoms with E-state index in [1.807, 2.05) is 31.2 Å². The topological polar surface area (TPSA) is 49.8 Å². The molecule has 2 aromatic rings. The Hall–Kier alpha value is -2.29. The Bertz CT molecular complexity index is 761. The maximum atomic E-state index is 12.3. The SMILES string of the molecule is CCNC(=NCc1cccc(OCC(F)(F)F)c1)N(C)Cc1csc(C)n1. The summed E-state index contributed by atoms with van der Waals surface area (Å²) in [7, 11) is 1.92. The van der Waals surface area contributed by atoms with Crippen LogP contribution in [0.15, 0.2) is 34.6 Å². The number of alkyl halides is 3. The average molecular weight is 400 g/mol. The second-order valence-electron chi connectivity index (χ2n) is 5.94. The molecule has 1 aromatic carbocycles. The van der Waals surface area contributed by atoms with Gasteiger partial charge in [0.1, 0.15) is 5.75 Å². The highest BCUT2D eigenvalue weighted by Crippen LogP contribution is 2.19. The molecule has 2 rings (SSSR count). The fraction of sp³-hybridized carbons (Fsp3) is 0.444. The Morgan fingerprint density at radius 2 is 2.15 bits per heavy atom. The summed E-state index contributed by atoms with van der Waals surface area (Å²) in [5, 5.41) is 6.23. The highest BCUT2D eigenvalue weighted by atomic mass is 32.1. The number of hydrogen-bond donors (Lipinski definition) is 1. The molecule has 1 N–H and O–H groups in total. The molecule has 0 aliphatic rings. The number of aromatic nitrogens is 1. The third kappa shape index (κ3) is 7.46. The summed E-state index contributed by atoms with van der Waals surface area (Å²) in [4.78, 5) is 11.0. The zero-order valence-corrected chi connectivity index (χ0v) is 16.3. The van der Waals surface area contributed by atoms with Crippen LogP contribution in [0.25, 0.3) is 0 Å². The second kappa shape index (κ2) is 9.59. The van der Waals surface area contributed by atoms with E-state index in [0.29, 0.717) is 25.6 Å². The monoisotopic (exact) mass is 400 g/mol. The van der Waals surface area contributed by atoms with Gasteiger partial charge in [-0.2, -0.15) is 13.2 Å². The summed E-state index contributed by atoms with van der Waals surface area (Å²) in [6, 6.07) is 6.53. The average Bonchev–Trinajstić information content (AvgIpc) is 3.01. The first-order chi connectivity index (χ1) is 12.8. The Kier molecular flexibility index (Phi) is 7.46. The minimum absolute atomic E-state index is 0.177. The lowest BCUT2D eigenvalue weighted by Crippen LogP contribution is -2.38. The summed E-state index contributed by atoms with van der Waals surface area (Å²) < 4.78 is 41.6. The molecule has 0 saturated heterocycles. The third-order valence-electron chi connectivity index (χ3n) is 3.47. The van der Waals surface area contributed by atoms with Crippen LogP contribution in [-0.4, -0.2) is 42.2 Å². The molecule has 5 nitrogen and oxygen atoms in total. The molecule has 0 bridgehead atoms. The molecule has 0 spiro atoms. The number of halogens is 3. The minimum Gasteiger partial charge on any atom is -0.484 e. The molecule has 0 fully saturated rings. The molecular formula is C18H23F3N4OS. The van der Waals surface area contributed by atoms with Crippen molar-refractivity contribution in [2.24, 2.45) is 4.99 Å².